The second kappa shape index (κ2) is 7.27. The van der Waals surface area contributed by atoms with Crippen molar-refractivity contribution >= 4 is 27.7 Å². The minimum atomic E-state index is -0.402. The maximum absolute atomic E-state index is 13.1. The van der Waals surface area contributed by atoms with Crippen LogP contribution in [0.15, 0.2) is 45.2 Å². The number of aryl methyl sites for hydroxylation is 1. The topological polar surface area (TPSA) is 55.4 Å². The number of hydrogen-bond acceptors (Lipinski definition) is 4. The van der Waals surface area contributed by atoms with Crippen molar-refractivity contribution in [2.24, 2.45) is 5.41 Å². The van der Waals surface area contributed by atoms with E-state index in [1.165, 1.54) is 0 Å². The maximum atomic E-state index is 13.1. The first-order valence-electron chi connectivity index (χ1n) is 9.32. The third kappa shape index (κ3) is 3.75. The first kappa shape index (κ1) is 19.9. The highest BCUT2D eigenvalue weighted by atomic mass is 79.9. The van der Waals surface area contributed by atoms with Crippen LogP contribution in [0.2, 0.25) is 0 Å². The van der Waals surface area contributed by atoms with Gasteiger partial charge < -0.3 is 10.1 Å². The SMILES string of the molecule is CCOC(=O)C1=C(C)NC2=C(C(=O)CC(C)(C)C2)C1c1ccc(C)c(Br)c1. The Hall–Kier alpha value is -1.88. The van der Waals surface area contributed by atoms with Crippen LogP contribution >= 0.6 is 15.9 Å². The van der Waals surface area contributed by atoms with Crippen LogP contribution in [-0.4, -0.2) is 18.4 Å². The van der Waals surface area contributed by atoms with E-state index < -0.39 is 5.92 Å². The molecule has 1 heterocycles. The molecule has 0 saturated heterocycles. The van der Waals surface area contributed by atoms with Gasteiger partial charge in [0.1, 0.15) is 0 Å². The van der Waals surface area contributed by atoms with E-state index in [0.29, 0.717) is 24.2 Å². The van der Waals surface area contributed by atoms with Crippen molar-refractivity contribution in [3.8, 4) is 0 Å². The van der Waals surface area contributed by atoms with E-state index in [1.807, 2.05) is 32.0 Å². The van der Waals surface area contributed by atoms with Crippen LogP contribution in [0.4, 0.5) is 0 Å². The van der Waals surface area contributed by atoms with E-state index in [2.05, 4.69) is 35.1 Å². The number of halogens is 1. The molecule has 0 aromatic heterocycles. The Balaban J connectivity index is 2.20. The van der Waals surface area contributed by atoms with Crippen molar-refractivity contribution in [3.05, 3.63) is 56.3 Å². The molecule has 0 spiro atoms. The third-order valence-corrected chi connectivity index (χ3v) is 6.12. The molecule has 1 N–H and O–H groups in total. The van der Waals surface area contributed by atoms with Gasteiger partial charge >= 0.3 is 5.97 Å². The molecule has 3 rings (SSSR count). The summed E-state index contributed by atoms with van der Waals surface area (Å²) in [7, 11) is 0. The number of hydrogen-bond donors (Lipinski definition) is 1. The number of esters is 1. The lowest BCUT2D eigenvalue weighted by Crippen LogP contribution is -2.38. The molecule has 1 unspecified atom stereocenters. The zero-order valence-corrected chi connectivity index (χ0v) is 18.1. The van der Waals surface area contributed by atoms with Gasteiger partial charge in [0, 0.05) is 33.8 Å². The van der Waals surface area contributed by atoms with Crippen LogP contribution in [-0.2, 0) is 14.3 Å². The van der Waals surface area contributed by atoms with Gasteiger partial charge in [-0.05, 0) is 49.8 Å². The molecule has 1 aliphatic heterocycles. The van der Waals surface area contributed by atoms with E-state index in [4.69, 9.17) is 4.74 Å². The van der Waals surface area contributed by atoms with Crippen molar-refractivity contribution < 1.29 is 14.3 Å². The third-order valence-electron chi connectivity index (χ3n) is 5.26. The highest BCUT2D eigenvalue weighted by Gasteiger charge is 2.43. The number of carbonyl (C=O) groups is 2. The smallest absolute Gasteiger partial charge is 0.336 e. The molecule has 4 nitrogen and oxygen atoms in total. The Morgan fingerprint density at radius 2 is 2.00 bits per heavy atom. The van der Waals surface area contributed by atoms with Crippen LogP contribution in [0.1, 0.15) is 57.6 Å². The summed E-state index contributed by atoms with van der Waals surface area (Å²) in [5.74, 6) is -0.668. The number of rotatable bonds is 3. The summed E-state index contributed by atoms with van der Waals surface area (Å²) in [6, 6.07) is 6.02. The van der Waals surface area contributed by atoms with Gasteiger partial charge in [0.25, 0.3) is 0 Å². The summed E-state index contributed by atoms with van der Waals surface area (Å²) >= 11 is 3.59. The van der Waals surface area contributed by atoms with Gasteiger partial charge in [-0.2, -0.15) is 0 Å². The summed E-state index contributed by atoms with van der Waals surface area (Å²) in [5, 5.41) is 3.35. The van der Waals surface area contributed by atoms with Gasteiger partial charge in [-0.15, -0.1) is 0 Å². The Morgan fingerprint density at radius 3 is 2.63 bits per heavy atom. The van der Waals surface area contributed by atoms with Crippen LogP contribution in [0.25, 0.3) is 0 Å². The van der Waals surface area contributed by atoms with Crippen LogP contribution < -0.4 is 5.32 Å². The number of dihydropyridines is 1. The van der Waals surface area contributed by atoms with E-state index >= 15 is 0 Å². The van der Waals surface area contributed by atoms with Crippen LogP contribution in [0.5, 0.6) is 0 Å². The Labute approximate surface area is 169 Å². The Kier molecular flexibility index (Phi) is 5.35. The summed E-state index contributed by atoms with van der Waals surface area (Å²) in [4.78, 5) is 25.9. The van der Waals surface area contributed by atoms with Crippen molar-refractivity contribution in [2.75, 3.05) is 6.61 Å². The molecule has 2 aliphatic rings. The molecule has 1 aromatic carbocycles. The minimum absolute atomic E-state index is 0.0942. The number of nitrogens with one attached hydrogen (secondary N) is 1. The molecule has 1 aliphatic carbocycles. The normalized spacial score (nSPS) is 21.7. The monoisotopic (exact) mass is 431 g/mol. The van der Waals surface area contributed by atoms with E-state index in [0.717, 1.165) is 33.4 Å². The number of ether oxygens (including phenoxy) is 1. The lowest BCUT2D eigenvalue weighted by Gasteiger charge is -2.39. The molecular formula is C22H26BrNO3. The van der Waals surface area contributed by atoms with Crippen molar-refractivity contribution in [2.45, 2.75) is 53.4 Å². The van der Waals surface area contributed by atoms with Gasteiger partial charge in [0.2, 0.25) is 0 Å². The minimum Gasteiger partial charge on any atom is -0.463 e. The average molecular weight is 432 g/mol. The predicted octanol–water partition coefficient (Wildman–Crippen LogP) is 4.92. The zero-order chi connectivity index (χ0) is 19.9. The quantitative estimate of drug-likeness (QED) is 0.689. The van der Waals surface area contributed by atoms with Crippen molar-refractivity contribution in [3.63, 3.8) is 0 Å². The highest BCUT2D eigenvalue weighted by Crippen LogP contribution is 2.47. The standard InChI is InChI=1S/C22H26BrNO3/c1-6-27-21(26)18-13(3)24-16-10-22(4,5)11-17(25)20(16)19(18)14-8-7-12(2)15(23)9-14/h7-9,19,24H,6,10-11H2,1-5H3. The molecule has 0 saturated carbocycles. The average Bonchev–Trinajstić information content (AvgIpc) is 2.55. The first-order chi connectivity index (χ1) is 12.6. The Bertz CT molecular complexity index is 880. The summed E-state index contributed by atoms with van der Waals surface area (Å²) in [6.45, 7) is 10.2. The number of ketones is 1. The number of benzene rings is 1. The summed E-state index contributed by atoms with van der Waals surface area (Å²) in [5.41, 5.74) is 4.87. The van der Waals surface area contributed by atoms with E-state index in [1.54, 1.807) is 6.92 Å². The number of allylic oxidation sites excluding steroid dienone is 3. The van der Waals surface area contributed by atoms with Crippen molar-refractivity contribution in [1.82, 2.24) is 5.32 Å². The molecular weight excluding hydrogens is 406 g/mol. The molecule has 1 aromatic rings. The zero-order valence-electron chi connectivity index (χ0n) is 16.5. The van der Waals surface area contributed by atoms with Crippen LogP contribution in [0.3, 0.4) is 0 Å². The highest BCUT2D eigenvalue weighted by molar-refractivity contribution is 9.10. The van der Waals surface area contributed by atoms with Gasteiger partial charge in [-0.3, -0.25) is 4.79 Å². The fourth-order valence-electron chi connectivity index (χ4n) is 4.04. The fraction of sp³-hybridized carbons (Fsp3) is 0.455. The summed E-state index contributed by atoms with van der Waals surface area (Å²) < 4.78 is 6.29. The maximum Gasteiger partial charge on any atom is 0.336 e. The summed E-state index contributed by atoms with van der Waals surface area (Å²) in [6.07, 6.45) is 1.26. The molecule has 0 fully saturated rings. The molecule has 27 heavy (non-hydrogen) atoms. The number of carbonyl (C=O) groups excluding carboxylic acids is 2. The lowest BCUT2D eigenvalue weighted by atomic mass is 9.68. The Morgan fingerprint density at radius 1 is 1.30 bits per heavy atom. The largest absolute Gasteiger partial charge is 0.463 e. The first-order valence-corrected chi connectivity index (χ1v) is 10.1. The predicted molar refractivity (Wildman–Crippen MR) is 109 cm³/mol. The molecule has 1 atom stereocenters. The van der Waals surface area contributed by atoms with Crippen molar-refractivity contribution in [1.29, 1.82) is 0 Å². The van der Waals surface area contributed by atoms with Gasteiger partial charge in [-0.25, -0.2) is 4.79 Å². The molecule has 144 valence electrons. The molecule has 0 bridgehead atoms. The van der Waals surface area contributed by atoms with Gasteiger partial charge in [0.05, 0.1) is 12.2 Å². The number of Topliss-reactive ketones (excluding diaryl/α,β-unsaturated/α-hetero) is 1. The lowest BCUT2D eigenvalue weighted by molar-refractivity contribution is -0.138. The second-order valence-electron chi connectivity index (χ2n) is 8.16. The van der Waals surface area contributed by atoms with Gasteiger partial charge in [-0.1, -0.05) is 41.9 Å². The van der Waals surface area contributed by atoms with Gasteiger partial charge in [0.15, 0.2) is 5.78 Å². The molecule has 5 heteroatoms. The van der Waals surface area contributed by atoms with Crippen LogP contribution in [0, 0.1) is 12.3 Å². The molecule has 0 amide bonds. The van der Waals surface area contributed by atoms with E-state index in [9.17, 15) is 9.59 Å². The fourth-order valence-corrected chi connectivity index (χ4v) is 4.43. The van der Waals surface area contributed by atoms with E-state index in [-0.39, 0.29) is 17.2 Å². The molecule has 0 radical (unpaired) electrons. The second-order valence-corrected chi connectivity index (χ2v) is 9.01.